The maximum absolute atomic E-state index is 4.45. The number of fused-ring (bicyclic) bond motifs is 4. The molecule has 0 aliphatic rings. The number of aromatic nitrogens is 4. The zero-order valence-electron chi connectivity index (χ0n) is 12.0. The van der Waals surface area contributed by atoms with Crippen LogP contribution in [0.25, 0.3) is 38.8 Å². The summed E-state index contributed by atoms with van der Waals surface area (Å²) in [6, 6.07) is 18.6. The standard InChI is InChI=1S/C18H11BrN4/c19-12-6-7-15-13(9-12)14(10-20-15)18-22-21-17-8-5-11-3-1-2-4-16(11)23(17)18/h1-10,20H. The van der Waals surface area contributed by atoms with Crippen molar-refractivity contribution in [2.45, 2.75) is 0 Å². The van der Waals surface area contributed by atoms with Crippen molar-refractivity contribution in [1.82, 2.24) is 19.6 Å². The molecule has 0 amide bonds. The molecule has 3 aromatic heterocycles. The summed E-state index contributed by atoms with van der Waals surface area (Å²) in [6.45, 7) is 0. The highest BCUT2D eigenvalue weighted by molar-refractivity contribution is 9.10. The quantitative estimate of drug-likeness (QED) is 0.465. The summed E-state index contributed by atoms with van der Waals surface area (Å²) >= 11 is 3.55. The zero-order valence-corrected chi connectivity index (χ0v) is 13.6. The van der Waals surface area contributed by atoms with E-state index in [2.05, 4.69) is 65.8 Å². The summed E-state index contributed by atoms with van der Waals surface area (Å²) in [6.07, 6.45) is 2.00. The first kappa shape index (κ1) is 12.8. The lowest BCUT2D eigenvalue weighted by Gasteiger charge is -2.04. The maximum atomic E-state index is 4.45. The van der Waals surface area contributed by atoms with E-state index in [0.717, 1.165) is 37.9 Å². The molecule has 3 heterocycles. The van der Waals surface area contributed by atoms with Crippen LogP contribution in [-0.4, -0.2) is 19.6 Å². The van der Waals surface area contributed by atoms with Crippen molar-refractivity contribution in [2.24, 2.45) is 0 Å². The predicted octanol–water partition coefficient (Wildman–Crippen LogP) is 4.79. The lowest BCUT2D eigenvalue weighted by molar-refractivity contribution is 1.12. The Morgan fingerprint density at radius 3 is 2.83 bits per heavy atom. The first-order chi connectivity index (χ1) is 11.3. The molecule has 2 aromatic carbocycles. The third-order valence-electron chi connectivity index (χ3n) is 4.16. The molecule has 0 saturated heterocycles. The van der Waals surface area contributed by atoms with Crippen LogP contribution in [0.4, 0.5) is 0 Å². The van der Waals surface area contributed by atoms with Gasteiger partial charge in [0.15, 0.2) is 11.5 Å². The third-order valence-corrected chi connectivity index (χ3v) is 4.66. The molecule has 5 heteroatoms. The lowest BCUT2D eigenvalue weighted by atomic mass is 10.1. The van der Waals surface area contributed by atoms with Gasteiger partial charge in [0.25, 0.3) is 0 Å². The van der Waals surface area contributed by atoms with E-state index >= 15 is 0 Å². The molecule has 0 atom stereocenters. The fourth-order valence-corrected chi connectivity index (χ4v) is 3.45. The van der Waals surface area contributed by atoms with Crippen LogP contribution in [0.3, 0.4) is 0 Å². The Morgan fingerprint density at radius 2 is 1.87 bits per heavy atom. The van der Waals surface area contributed by atoms with Gasteiger partial charge in [-0.15, -0.1) is 10.2 Å². The molecule has 0 fully saturated rings. The number of nitrogens with zero attached hydrogens (tertiary/aromatic N) is 3. The van der Waals surface area contributed by atoms with Crippen molar-refractivity contribution in [3.05, 3.63) is 65.3 Å². The van der Waals surface area contributed by atoms with Crippen molar-refractivity contribution in [2.75, 3.05) is 0 Å². The van der Waals surface area contributed by atoms with Crippen LogP contribution in [0.5, 0.6) is 0 Å². The van der Waals surface area contributed by atoms with Gasteiger partial charge in [-0.3, -0.25) is 4.40 Å². The molecule has 4 nitrogen and oxygen atoms in total. The van der Waals surface area contributed by atoms with E-state index in [9.17, 15) is 0 Å². The molecule has 23 heavy (non-hydrogen) atoms. The molecule has 0 aliphatic heterocycles. The Balaban J connectivity index is 1.92. The minimum atomic E-state index is 0.848. The Hall–Kier alpha value is -2.66. The van der Waals surface area contributed by atoms with Crippen LogP contribution in [0, 0.1) is 0 Å². The topological polar surface area (TPSA) is 46.0 Å². The van der Waals surface area contributed by atoms with E-state index < -0.39 is 0 Å². The van der Waals surface area contributed by atoms with Gasteiger partial charge in [-0.2, -0.15) is 0 Å². The summed E-state index contributed by atoms with van der Waals surface area (Å²) in [5.41, 5.74) is 4.09. The summed E-state index contributed by atoms with van der Waals surface area (Å²) in [5.74, 6) is 0.848. The zero-order chi connectivity index (χ0) is 15.4. The molecule has 5 rings (SSSR count). The number of aromatic amines is 1. The van der Waals surface area contributed by atoms with Gasteiger partial charge in [-0.25, -0.2) is 0 Å². The fourth-order valence-electron chi connectivity index (χ4n) is 3.09. The van der Waals surface area contributed by atoms with Gasteiger partial charge >= 0.3 is 0 Å². The number of halogens is 1. The van der Waals surface area contributed by atoms with Gasteiger partial charge < -0.3 is 4.98 Å². The SMILES string of the molecule is Brc1ccc2[nH]cc(-c3nnc4ccc5ccccc5n34)c2c1. The van der Waals surface area contributed by atoms with Gasteiger partial charge in [0.1, 0.15) is 0 Å². The van der Waals surface area contributed by atoms with Crippen molar-refractivity contribution in [1.29, 1.82) is 0 Å². The number of hydrogen-bond acceptors (Lipinski definition) is 2. The highest BCUT2D eigenvalue weighted by Crippen LogP contribution is 2.31. The Bertz CT molecular complexity index is 1190. The first-order valence-corrected chi connectivity index (χ1v) is 8.10. The summed E-state index contributed by atoms with van der Waals surface area (Å²) in [7, 11) is 0. The summed E-state index contributed by atoms with van der Waals surface area (Å²) in [5, 5.41) is 11.1. The minimum absolute atomic E-state index is 0.848. The minimum Gasteiger partial charge on any atom is -0.360 e. The highest BCUT2D eigenvalue weighted by atomic mass is 79.9. The molecule has 5 aromatic rings. The van der Waals surface area contributed by atoms with Crippen molar-refractivity contribution in [3.63, 3.8) is 0 Å². The number of nitrogens with one attached hydrogen (secondary N) is 1. The molecule has 0 bridgehead atoms. The van der Waals surface area contributed by atoms with Crippen LogP contribution in [0.15, 0.2) is 65.3 Å². The van der Waals surface area contributed by atoms with Gasteiger partial charge in [-0.1, -0.05) is 34.1 Å². The van der Waals surface area contributed by atoms with E-state index in [0.29, 0.717) is 0 Å². The van der Waals surface area contributed by atoms with Crippen molar-refractivity contribution in [3.8, 4) is 11.4 Å². The number of H-pyrrole nitrogens is 1. The molecule has 0 spiro atoms. The van der Waals surface area contributed by atoms with Crippen LogP contribution in [-0.2, 0) is 0 Å². The molecule has 110 valence electrons. The van der Waals surface area contributed by atoms with Crippen LogP contribution in [0.1, 0.15) is 0 Å². The van der Waals surface area contributed by atoms with E-state index in [1.54, 1.807) is 0 Å². The average molecular weight is 363 g/mol. The molecular weight excluding hydrogens is 352 g/mol. The monoisotopic (exact) mass is 362 g/mol. The largest absolute Gasteiger partial charge is 0.360 e. The molecule has 0 aliphatic carbocycles. The van der Waals surface area contributed by atoms with Crippen LogP contribution >= 0.6 is 15.9 Å². The Kier molecular flexibility index (Phi) is 2.60. The van der Waals surface area contributed by atoms with Crippen LogP contribution in [0.2, 0.25) is 0 Å². The molecule has 0 unspecified atom stereocenters. The predicted molar refractivity (Wildman–Crippen MR) is 95.5 cm³/mol. The van der Waals surface area contributed by atoms with Crippen molar-refractivity contribution < 1.29 is 0 Å². The number of rotatable bonds is 1. The fraction of sp³-hybridized carbons (Fsp3) is 0. The second-order valence-corrected chi connectivity index (χ2v) is 6.42. The second kappa shape index (κ2) is 4.67. The van der Waals surface area contributed by atoms with Crippen molar-refractivity contribution >= 4 is 43.4 Å². The van der Waals surface area contributed by atoms with E-state index in [4.69, 9.17) is 0 Å². The molecule has 1 N–H and O–H groups in total. The highest BCUT2D eigenvalue weighted by Gasteiger charge is 2.14. The number of para-hydroxylation sites is 1. The second-order valence-electron chi connectivity index (χ2n) is 5.50. The number of hydrogen-bond donors (Lipinski definition) is 1. The van der Waals surface area contributed by atoms with E-state index in [1.165, 1.54) is 5.39 Å². The van der Waals surface area contributed by atoms with E-state index in [1.807, 2.05) is 30.5 Å². The number of pyridine rings is 1. The lowest BCUT2D eigenvalue weighted by Crippen LogP contribution is -1.91. The summed E-state index contributed by atoms with van der Waals surface area (Å²) in [4.78, 5) is 3.31. The normalized spacial score (nSPS) is 11.7. The first-order valence-electron chi connectivity index (χ1n) is 7.31. The molecule has 0 saturated carbocycles. The van der Waals surface area contributed by atoms with E-state index in [-0.39, 0.29) is 0 Å². The number of benzene rings is 2. The van der Waals surface area contributed by atoms with Gasteiger partial charge in [0.2, 0.25) is 0 Å². The van der Waals surface area contributed by atoms with Crippen LogP contribution < -0.4 is 0 Å². The smallest absolute Gasteiger partial charge is 0.171 e. The summed E-state index contributed by atoms with van der Waals surface area (Å²) < 4.78 is 3.16. The third kappa shape index (κ3) is 1.83. The Labute approximate surface area is 139 Å². The Morgan fingerprint density at radius 1 is 0.957 bits per heavy atom. The average Bonchev–Trinajstić information content (AvgIpc) is 3.18. The van der Waals surface area contributed by atoms with Gasteiger partial charge in [-0.05, 0) is 41.8 Å². The molecular formula is C18H11BrN4. The molecule has 0 radical (unpaired) electrons. The van der Waals surface area contributed by atoms with Gasteiger partial charge in [0, 0.05) is 27.1 Å². The maximum Gasteiger partial charge on any atom is 0.171 e. The van der Waals surface area contributed by atoms with Gasteiger partial charge in [0.05, 0.1) is 5.52 Å².